The number of carbonyl (C=O) groups is 2. The van der Waals surface area contributed by atoms with Gasteiger partial charge in [0.05, 0.1) is 47.7 Å². The number of esters is 1. The molecule has 12 heteroatoms. The average molecular weight is 573 g/mol. The molecule has 4 aromatic rings. The van der Waals surface area contributed by atoms with E-state index >= 15 is 0 Å². The molecule has 3 heterocycles. The number of rotatable bonds is 12. The standard InChI is InChI=1S/C30H36N8O4/c1-8-27(39)33-22-15-23(26(41-7)16-25(22)37(6)14-13-36(4)5)34-30-31-17-21(29(40)42-19(2)3)28(35-30)20-18-32-38-12-10-9-11-24(20)38/h8-12,15-19H,1,13-14H2,2-7H3,(H,33,39)(H,31,34,35). The van der Waals surface area contributed by atoms with Crippen LogP contribution in [0.25, 0.3) is 16.8 Å². The van der Waals surface area contributed by atoms with Crippen molar-refractivity contribution < 1.29 is 19.1 Å². The van der Waals surface area contributed by atoms with E-state index in [1.807, 2.05) is 56.5 Å². The Morgan fingerprint density at radius 3 is 2.60 bits per heavy atom. The summed E-state index contributed by atoms with van der Waals surface area (Å²) in [6, 6.07) is 9.21. The zero-order valence-electron chi connectivity index (χ0n) is 24.7. The van der Waals surface area contributed by atoms with Crippen LogP contribution in [0, 0.1) is 0 Å². The molecule has 3 aromatic heterocycles. The first kappa shape index (κ1) is 30.0. The summed E-state index contributed by atoms with van der Waals surface area (Å²) in [5, 5.41) is 10.5. The van der Waals surface area contributed by atoms with E-state index in [-0.39, 0.29) is 23.5 Å². The molecule has 0 saturated carbocycles. The van der Waals surface area contributed by atoms with Crippen molar-refractivity contribution in [1.82, 2.24) is 24.5 Å². The topological polar surface area (TPSA) is 126 Å². The minimum Gasteiger partial charge on any atom is -0.494 e. The predicted molar refractivity (Wildman–Crippen MR) is 164 cm³/mol. The second kappa shape index (κ2) is 13.1. The van der Waals surface area contributed by atoms with Crippen molar-refractivity contribution in [3.63, 3.8) is 0 Å². The van der Waals surface area contributed by atoms with Crippen LogP contribution in [0.3, 0.4) is 0 Å². The van der Waals surface area contributed by atoms with Gasteiger partial charge in [0.15, 0.2) is 0 Å². The number of hydrogen-bond donors (Lipinski definition) is 2. The van der Waals surface area contributed by atoms with E-state index in [0.717, 1.165) is 17.7 Å². The molecule has 1 amide bonds. The summed E-state index contributed by atoms with van der Waals surface area (Å²) in [6.07, 6.45) is 5.77. The fourth-order valence-corrected chi connectivity index (χ4v) is 4.22. The van der Waals surface area contributed by atoms with Gasteiger partial charge in [-0.15, -0.1) is 0 Å². The lowest BCUT2D eigenvalue weighted by molar-refractivity contribution is -0.111. The smallest absolute Gasteiger partial charge is 0.342 e. The summed E-state index contributed by atoms with van der Waals surface area (Å²) in [5.41, 5.74) is 3.78. The Kier molecular flexibility index (Phi) is 9.38. The van der Waals surface area contributed by atoms with Gasteiger partial charge in [0, 0.05) is 44.2 Å². The zero-order chi connectivity index (χ0) is 30.4. The third-order valence-electron chi connectivity index (χ3n) is 6.33. The maximum atomic E-state index is 13.0. The molecule has 220 valence electrons. The number of ether oxygens (including phenoxy) is 2. The maximum Gasteiger partial charge on any atom is 0.342 e. The average Bonchev–Trinajstić information content (AvgIpc) is 3.39. The van der Waals surface area contributed by atoms with Crippen molar-refractivity contribution in [2.24, 2.45) is 0 Å². The molecule has 0 atom stereocenters. The molecule has 0 aliphatic carbocycles. The Bertz CT molecular complexity index is 1600. The highest BCUT2D eigenvalue weighted by atomic mass is 16.5. The van der Waals surface area contributed by atoms with Crippen LogP contribution in [-0.4, -0.2) is 83.8 Å². The van der Waals surface area contributed by atoms with E-state index in [2.05, 4.69) is 32.2 Å². The third-order valence-corrected chi connectivity index (χ3v) is 6.33. The summed E-state index contributed by atoms with van der Waals surface area (Å²) in [4.78, 5) is 38.6. The molecule has 42 heavy (non-hydrogen) atoms. The van der Waals surface area contributed by atoms with E-state index in [1.165, 1.54) is 12.3 Å². The first-order valence-corrected chi connectivity index (χ1v) is 13.4. The van der Waals surface area contributed by atoms with Crippen molar-refractivity contribution >= 4 is 40.4 Å². The van der Waals surface area contributed by atoms with Crippen LogP contribution in [0.15, 0.2) is 61.6 Å². The van der Waals surface area contributed by atoms with Gasteiger partial charge in [-0.3, -0.25) is 4.79 Å². The van der Waals surface area contributed by atoms with Crippen molar-refractivity contribution in [1.29, 1.82) is 0 Å². The highest BCUT2D eigenvalue weighted by Crippen LogP contribution is 2.38. The number of likely N-dealkylation sites (N-methyl/N-ethyl adjacent to an activating group) is 2. The molecule has 2 N–H and O–H groups in total. The van der Waals surface area contributed by atoms with E-state index in [0.29, 0.717) is 34.9 Å². The lowest BCUT2D eigenvalue weighted by Crippen LogP contribution is -2.29. The van der Waals surface area contributed by atoms with Crippen molar-refractivity contribution in [2.45, 2.75) is 20.0 Å². The maximum absolute atomic E-state index is 13.0. The molecular formula is C30H36N8O4. The van der Waals surface area contributed by atoms with Crippen molar-refractivity contribution in [3.05, 3.63) is 67.1 Å². The van der Waals surface area contributed by atoms with Crippen LogP contribution < -0.4 is 20.3 Å². The predicted octanol–water partition coefficient (Wildman–Crippen LogP) is 4.23. The second-order valence-corrected chi connectivity index (χ2v) is 10.1. The second-order valence-electron chi connectivity index (χ2n) is 10.1. The third kappa shape index (κ3) is 6.84. The molecular weight excluding hydrogens is 536 g/mol. The quantitative estimate of drug-likeness (QED) is 0.188. The molecule has 0 unspecified atom stereocenters. The van der Waals surface area contributed by atoms with Crippen LogP contribution in [0.5, 0.6) is 5.75 Å². The number of carbonyl (C=O) groups excluding carboxylic acids is 2. The minimum atomic E-state index is -0.543. The van der Waals surface area contributed by atoms with Gasteiger partial charge in [0.1, 0.15) is 11.3 Å². The van der Waals surface area contributed by atoms with Gasteiger partial charge in [0.25, 0.3) is 0 Å². The van der Waals surface area contributed by atoms with Crippen LogP contribution in [-0.2, 0) is 9.53 Å². The number of amides is 1. The first-order valence-electron chi connectivity index (χ1n) is 13.4. The highest BCUT2D eigenvalue weighted by molar-refractivity contribution is 6.02. The van der Waals surface area contributed by atoms with Crippen LogP contribution >= 0.6 is 0 Å². The van der Waals surface area contributed by atoms with Gasteiger partial charge in [0.2, 0.25) is 11.9 Å². The SMILES string of the molecule is C=CC(=O)Nc1cc(Nc2ncc(C(=O)OC(C)C)c(-c3cnn4ccccc34)n2)c(OC)cc1N(C)CCN(C)C. The normalized spacial score (nSPS) is 11.0. The largest absolute Gasteiger partial charge is 0.494 e. The monoisotopic (exact) mass is 572 g/mol. The Balaban J connectivity index is 1.79. The van der Waals surface area contributed by atoms with E-state index in [9.17, 15) is 9.59 Å². The summed E-state index contributed by atoms with van der Waals surface area (Å²) in [6.45, 7) is 8.64. The van der Waals surface area contributed by atoms with Gasteiger partial charge >= 0.3 is 5.97 Å². The molecule has 0 aliphatic heterocycles. The molecule has 0 aliphatic rings. The minimum absolute atomic E-state index is 0.203. The molecule has 0 fully saturated rings. The Labute approximate surface area is 245 Å². The summed E-state index contributed by atoms with van der Waals surface area (Å²) in [7, 11) is 7.49. The number of methoxy groups -OCH3 is 1. The van der Waals surface area contributed by atoms with E-state index in [1.54, 1.807) is 37.7 Å². The number of benzene rings is 1. The first-order chi connectivity index (χ1) is 20.1. The van der Waals surface area contributed by atoms with Crippen LogP contribution in [0.2, 0.25) is 0 Å². The number of nitrogens with zero attached hydrogens (tertiary/aromatic N) is 6. The zero-order valence-corrected chi connectivity index (χ0v) is 24.7. The number of pyridine rings is 1. The molecule has 4 rings (SSSR count). The van der Waals surface area contributed by atoms with E-state index in [4.69, 9.17) is 14.5 Å². The van der Waals surface area contributed by atoms with Crippen molar-refractivity contribution in [3.8, 4) is 17.0 Å². The fraction of sp³-hybridized carbons (Fsp3) is 0.300. The summed E-state index contributed by atoms with van der Waals surface area (Å²) < 4.78 is 12.9. The molecule has 0 spiro atoms. The molecule has 0 radical (unpaired) electrons. The Morgan fingerprint density at radius 2 is 1.90 bits per heavy atom. The van der Waals surface area contributed by atoms with Gasteiger partial charge in [-0.2, -0.15) is 5.10 Å². The highest BCUT2D eigenvalue weighted by Gasteiger charge is 2.22. The lowest BCUT2D eigenvalue weighted by Gasteiger charge is -2.26. The van der Waals surface area contributed by atoms with Gasteiger partial charge in [-0.05, 0) is 52.2 Å². The number of nitrogens with one attached hydrogen (secondary N) is 2. The summed E-state index contributed by atoms with van der Waals surface area (Å²) in [5.74, 6) is -0.191. The molecule has 1 aromatic carbocycles. The van der Waals surface area contributed by atoms with Gasteiger partial charge < -0.3 is 29.9 Å². The van der Waals surface area contributed by atoms with Crippen LogP contribution in [0.1, 0.15) is 24.2 Å². The van der Waals surface area contributed by atoms with Crippen molar-refractivity contribution in [2.75, 3.05) is 56.9 Å². The number of aromatic nitrogens is 4. The number of fused-ring (bicyclic) bond motifs is 1. The lowest BCUT2D eigenvalue weighted by atomic mass is 10.1. The van der Waals surface area contributed by atoms with Gasteiger partial charge in [-0.1, -0.05) is 12.6 Å². The van der Waals surface area contributed by atoms with Gasteiger partial charge in [-0.25, -0.2) is 19.3 Å². The summed E-state index contributed by atoms with van der Waals surface area (Å²) >= 11 is 0. The molecule has 0 saturated heterocycles. The Morgan fingerprint density at radius 1 is 1.12 bits per heavy atom. The van der Waals surface area contributed by atoms with E-state index < -0.39 is 5.97 Å². The molecule has 12 nitrogen and oxygen atoms in total. The number of anilines is 4. The number of hydrogen-bond acceptors (Lipinski definition) is 10. The molecule has 0 bridgehead atoms. The Hall–Kier alpha value is -4.97. The van der Waals surface area contributed by atoms with Crippen LogP contribution in [0.4, 0.5) is 23.0 Å². The fourth-order valence-electron chi connectivity index (χ4n) is 4.22.